The number of carbonyl (C=O) groups excluding carboxylic acids is 1. The van der Waals surface area contributed by atoms with E-state index < -0.39 is 0 Å². The molecule has 1 aliphatic carbocycles. The third-order valence-electron chi connectivity index (χ3n) is 6.46. The van der Waals surface area contributed by atoms with Gasteiger partial charge >= 0.3 is 0 Å². The summed E-state index contributed by atoms with van der Waals surface area (Å²) in [6.45, 7) is 3.99. The van der Waals surface area contributed by atoms with Crippen LogP contribution >= 0.6 is 0 Å². The van der Waals surface area contributed by atoms with E-state index in [0.717, 1.165) is 22.0 Å². The molecular formula is C27H25N3O2. The van der Waals surface area contributed by atoms with Crippen LogP contribution in [-0.4, -0.2) is 15.6 Å². The number of benzene rings is 3. The molecule has 0 bridgehead atoms. The maximum absolute atomic E-state index is 13.2. The number of para-hydroxylation sites is 1. The summed E-state index contributed by atoms with van der Waals surface area (Å²) >= 11 is 0. The van der Waals surface area contributed by atoms with Gasteiger partial charge in [-0.2, -0.15) is 0 Å². The maximum atomic E-state index is 13.2. The molecule has 0 saturated heterocycles. The van der Waals surface area contributed by atoms with Crippen LogP contribution in [0.2, 0.25) is 0 Å². The molecule has 1 fully saturated rings. The smallest absolute Gasteiger partial charge is 0.269 e. The molecule has 32 heavy (non-hydrogen) atoms. The number of carbonyl (C=O) groups is 1. The molecule has 1 aromatic heterocycles. The van der Waals surface area contributed by atoms with E-state index in [0.29, 0.717) is 12.1 Å². The van der Waals surface area contributed by atoms with Crippen molar-refractivity contribution in [1.29, 1.82) is 0 Å². The molecule has 0 spiro atoms. The highest BCUT2D eigenvalue weighted by molar-refractivity contribution is 5.95. The Kier molecular flexibility index (Phi) is 4.89. The number of aromatic hydroxyl groups is 1. The molecule has 4 aromatic rings. The van der Waals surface area contributed by atoms with Crippen LogP contribution in [0, 0.1) is 5.92 Å². The fourth-order valence-electron chi connectivity index (χ4n) is 4.86. The number of azo groups is 1. The van der Waals surface area contributed by atoms with Crippen molar-refractivity contribution in [1.82, 2.24) is 4.57 Å². The summed E-state index contributed by atoms with van der Waals surface area (Å²) < 4.78 is 1.81. The second-order valence-electron chi connectivity index (χ2n) is 8.65. The van der Waals surface area contributed by atoms with Crippen LogP contribution in [0.1, 0.15) is 37.4 Å². The van der Waals surface area contributed by atoms with E-state index in [1.165, 1.54) is 0 Å². The average molecular weight is 424 g/mol. The van der Waals surface area contributed by atoms with E-state index in [4.69, 9.17) is 0 Å². The van der Waals surface area contributed by atoms with E-state index in [2.05, 4.69) is 34.5 Å². The van der Waals surface area contributed by atoms with Gasteiger partial charge in [0.25, 0.3) is 5.91 Å². The van der Waals surface area contributed by atoms with Gasteiger partial charge in [-0.25, -0.2) is 0 Å². The van der Waals surface area contributed by atoms with Gasteiger partial charge in [0.15, 0.2) is 5.69 Å². The number of nitrogens with zero attached hydrogens (tertiary/aromatic N) is 3. The number of aromatic nitrogens is 1. The fourth-order valence-corrected chi connectivity index (χ4v) is 4.86. The molecule has 1 saturated carbocycles. The quantitative estimate of drug-likeness (QED) is 0.370. The van der Waals surface area contributed by atoms with E-state index in [9.17, 15) is 9.90 Å². The molecule has 0 unspecified atom stereocenters. The Bertz CT molecular complexity index is 1270. The lowest BCUT2D eigenvalue weighted by Crippen LogP contribution is -2.16. The third kappa shape index (κ3) is 3.12. The zero-order chi connectivity index (χ0) is 22.3. The van der Waals surface area contributed by atoms with Gasteiger partial charge in [-0.05, 0) is 37.5 Å². The van der Waals surface area contributed by atoms with Crippen LogP contribution in [0.15, 0.2) is 95.2 Å². The predicted octanol–water partition coefficient (Wildman–Crippen LogP) is 6.54. The van der Waals surface area contributed by atoms with Crippen LogP contribution in [-0.2, 0) is 10.2 Å². The molecule has 160 valence electrons. The van der Waals surface area contributed by atoms with Crippen molar-refractivity contribution < 1.29 is 9.90 Å². The second-order valence-corrected chi connectivity index (χ2v) is 8.65. The number of rotatable bonds is 5. The Hall–Kier alpha value is -3.73. The third-order valence-corrected chi connectivity index (χ3v) is 6.46. The Morgan fingerprint density at radius 2 is 1.50 bits per heavy atom. The lowest BCUT2D eigenvalue weighted by Gasteiger charge is -2.17. The first-order chi connectivity index (χ1) is 15.5. The number of amides is 1. The van der Waals surface area contributed by atoms with Gasteiger partial charge in [-0.15, -0.1) is 10.2 Å². The molecule has 0 radical (unpaired) electrons. The average Bonchev–Trinajstić information content (AvgIpc) is 3.52. The number of fused-ring (bicyclic) bond motifs is 1. The van der Waals surface area contributed by atoms with Gasteiger partial charge in [-0.1, -0.05) is 78.9 Å². The van der Waals surface area contributed by atoms with Crippen molar-refractivity contribution in [3.05, 3.63) is 96.1 Å². The van der Waals surface area contributed by atoms with E-state index in [1.807, 2.05) is 79.1 Å². The Balaban J connectivity index is 1.51. The van der Waals surface area contributed by atoms with Crippen molar-refractivity contribution in [3.8, 4) is 5.88 Å². The molecule has 1 aliphatic rings. The largest absolute Gasteiger partial charge is 0.493 e. The molecule has 5 heteroatoms. The summed E-state index contributed by atoms with van der Waals surface area (Å²) in [5, 5.41) is 19.9. The van der Waals surface area contributed by atoms with Gasteiger partial charge in [0.1, 0.15) is 0 Å². The van der Waals surface area contributed by atoms with E-state index in [-0.39, 0.29) is 29.2 Å². The highest BCUT2D eigenvalue weighted by atomic mass is 16.3. The summed E-state index contributed by atoms with van der Waals surface area (Å²) in [6.07, 6.45) is 0.693. The molecule has 1 N–H and O–H groups in total. The van der Waals surface area contributed by atoms with Crippen LogP contribution in [0.5, 0.6) is 5.88 Å². The van der Waals surface area contributed by atoms with Gasteiger partial charge in [0.2, 0.25) is 5.88 Å². The summed E-state index contributed by atoms with van der Waals surface area (Å²) in [4.78, 5) is 13.2. The highest BCUT2D eigenvalue weighted by Crippen LogP contribution is 2.59. The maximum Gasteiger partial charge on any atom is 0.269 e. The topological polar surface area (TPSA) is 66.9 Å². The fraction of sp³-hybridized carbons (Fsp3) is 0.222. The molecule has 5 rings (SSSR count). The van der Waals surface area contributed by atoms with Gasteiger partial charge in [0.05, 0.1) is 11.4 Å². The Morgan fingerprint density at radius 1 is 0.938 bits per heavy atom. The number of hydrogen-bond donors (Lipinski definition) is 1. The van der Waals surface area contributed by atoms with E-state index >= 15 is 0 Å². The van der Waals surface area contributed by atoms with Crippen LogP contribution in [0.4, 0.5) is 5.69 Å². The molecule has 1 atom stereocenters. The van der Waals surface area contributed by atoms with Crippen LogP contribution in [0.3, 0.4) is 0 Å². The molecule has 0 aliphatic heterocycles. The zero-order valence-corrected chi connectivity index (χ0v) is 18.1. The summed E-state index contributed by atoms with van der Waals surface area (Å²) in [5.41, 5.74) is 3.05. The minimum Gasteiger partial charge on any atom is -0.493 e. The lowest BCUT2D eigenvalue weighted by molar-refractivity contribution is -0.119. The highest BCUT2D eigenvalue weighted by Gasteiger charge is 2.60. The van der Waals surface area contributed by atoms with Crippen molar-refractivity contribution in [2.75, 3.05) is 0 Å². The van der Waals surface area contributed by atoms with Crippen molar-refractivity contribution in [3.63, 3.8) is 0 Å². The Morgan fingerprint density at radius 3 is 2.09 bits per heavy atom. The first kappa shape index (κ1) is 20.2. The zero-order valence-electron chi connectivity index (χ0n) is 18.1. The molecule has 5 nitrogen and oxygen atoms in total. The minimum absolute atomic E-state index is 0.0333. The normalized spacial score (nSPS) is 17.3. The van der Waals surface area contributed by atoms with Crippen LogP contribution < -0.4 is 0 Å². The SMILES string of the molecule is CC(C)n1c(O)c(N=NC(=O)[C@H]2CC2(c2ccccc2)c2ccccc2)c2ccccc21. The predicted molar refractivity (Wildman–Crippen MR) is 125 cm³/mol. The Labute approximate surface area is 187 Å². The monoisotopic (exact) mass is 423 g/mol. The van der Waals surface area contributed by atoms with Crippen LogP contribution in [0.25, 0.3) is 10.9 Å². The summed E-state index contributed by atoms with van der Waals surface area (Å²) in [6, 6.07) is 27.9. The lowest BCUT2D eigenvalue weighted by atomic mass is 9.85. The molecule has 1 amide bonds. The van der Waals surface area contributed by atoms with Gasteiger partial charge < -0.3 is 9.67 Å². The standard InChI is InChI=1S/C27H25N3O2/c1-18(2)30-23-16-10-9-15-21(23)24(26(30)32)28-29-25(31)22-17-27(22,19-11-5-3-6-12-19)20-13-7-4-8-14-20/h3-16,18,22,32H,17H2,1-2H3/t22-/m1/s1. The van der Waals surface area contributed by atoms with Crippen molar-refractivity contribution in [2.45, 2.75) is 31.7 Å². The van der Waals surface area contributed by atoms with Gasteiger partial charge in [-0.3, -0.25) is 4.79 Å². The van der Waals surface area contributed by atoms with Crippen molar-refractivity contribution >= 4 is 22.5 Å². The van der Waals surface area contributed by atoms with E-state index in [1.54, 1.807) is 0 Å². The molecule has 3 aromatic carbocycles. The first-order valence-electron chi connectivity index (χ1n) is 10.9. The first-order valence-corrected chi connectivity index (χ1v) is 10.9. The molecular weight excluding hydrogens is 398 g/mol. The number of hydrogen-bond acceptors (Lipinski definition) is 3. The summed E-state index contributed by atoms with van der Waals surface area (Å²) in [5.74, 6) is -0.513. The minimum atomic E-state index is -0.382. The van der Waals surface area contributed by atoms with Gasteiger partial charge in [0, 0.05) is 16.8 Å². The molecule has 1 heterocycles. The second kappa shape index (κ2) is 7.75. The van der Waals surface area contributed by atoms with Crippen molar-refractivity contribution in [2.24, 2.45) is 16.1 Å². The summed E-state index contributed by atoms with van der Waals surface area (Å²) in [7, 11) is 0.